The van der Waals surface area contributed by atoms with Crippen LogP contribution in [0.15, 0.2) is 29.2 Å². The first-order valence-corrected chi connectivity index (χ1v) is 11.7. The van der Waals surface area contributed by atoms with Gasteiger partial charge in [-0.1, -0.05) is 23.5 Å². The number of sulfonamides is 1. The summed E-state index contributed by atoms with van der Waals surface area (Å²) in [6, 6.07) is 6.39. The molecule has 0 atom stereocenters. The Morgan fingerprint density at radius 2 is 1.70 bits per heavy atom. The highest BCUT2D eigenvalue weighted by Gasteiger charge is 2.18. The zero-order valence-corrected chi connectivity index (χ0v) is 14.7. The molecule has 0 saturated heterocycles. The minimum atomic E-state index is -3.65. The number of primary sulfonamides is 1. The minimum absolute atomic E-state index is 0.0975. The van der Waals surface area contributed by atoms with Crippen molar-refractivity contribution in [2.75, 3.05) is 13.2 Å². The molecule has 2 N–H and O–H groups in total. The van der Waals surface area contributed by atoms with Crippen LogP contribution in [0.4, 0.5) is 0 Å². The molecule has 20 heavy (non-hydrogen) atoms. The van der Waals surface area contributed by atoms with Gasteiger partial charge >= 0.3 is 0 Å². The summed E-state index contributed by atoms with van der Waals surface area (Å²) in [5, 5.41) is 5.04. The molecule has 0 heterocycles. The second-order valence-corrected chi connectivity index (χ2v) is 11.6. The van der Waals surface area contributed by atoms with Crippen LogP contribution in [0.3, 0.4) is 0 Å². The normalized spacial score (nSPS) is 12.6. The lowest BCUT2D eigenvalue weighted by Crippen LogP contribution is -2.11. The van der Waals surface area contributed by atoms with E-state index in [1.165, 1.54) is 23.5 Å². The van der Waals surface area contributed by atoms with Gasteiger partial charge in [0.1, 0.15) is 0 Å². The lowest BCUT2D eigenvalue weighted by atomic mass is 10.2. The van der Waals surface area contributed by atoms with Gasteiger partial charge in [-0.05, 0) is 43.4 Å². The average Bonchev–Trinajstić information content (AvgIpc) is 2.37. The molecule has 0 saturated carbocycles. The monoisotopic (exact) mass is 355 g/mol. The standard InChI is InChI=1S/C11H18NO4PS3/c1-3-15-17(18,16-4-2)19-9-10-5-7-11(8-6-10)20(12,13)14/h5-8H,3-4,9H2,1-2H3,(H2,12,13,14). The van der Waals surface area contributed by atoms with Gasteiger partial charge in [0.2, 0.25) is 15.7 Å². The summed E-state index contributed by atoms with van der Waals surface area (Å²) in [5.74, 6) is 0.599. The van der Waals surface area contributed by atoms with Crippen molar-refractivity contribution in [3.63, 3.8) is 0 Å². The molecule has 1 rings (SSSR count). The van der Waals surface area contributed by atoms with E-state index in [4.69, 9.17) is 26.0 Å². The van der Waals surface area contributed by atoms with Gasteiger partial charge in [0.05, 0.1) is 18.1 Å². The largest absolute Gasteiger partial charge is 0.322 e. The number of rotatable bonds is 8. The van der Waals surface area contributed by atoms with Crippen molar-refractivity contribution in [1.82, 2.24) is 0 Å². The summed E-state index contributed by atoms with van der Waals surface area (Å²) < 4.78 is 33.3. The van der Waals surface area contributed by atoms with E-state index in [-0.39, 0.29) is 4.90 Å². The van der Waals surface area contributed by atoms with E-state index in [1.54, 1.807) is 12.1 Å². The van der Waals surface area contributed by atoms with Crippen LogP contribution >= 0.6 is 17.1 Å². The Morgan fingerprint density at radius 1 is 1.20 bits per heavy atom. The predicted molar refractivity (Wildman–Crippen MR) is 86.6 cm³/mol. The van der Waals surface area contributed by atoms with Gasteiger partial charge in [-0.25, -0.2) is 13.6 Å². The van der Waals surface area contributed by atoms with Crippen molar-refractivity contribution in [3.05, 3.63) is 29.8 Å². The molecule has 0 unspecified atom stereocenters. The number of benzene rings is 1. The number of hydrogen-bond acceptors (Lipinski definition) is 6. The Labute approximate surface area is 129 Å². The van der Waals surface area contributed by atoms with Gasteiger partial charge in [-0.3, -0.25) is 0 Å². The Balaban J connectivity index is 2.72. The first-order valence-electron chi connectivity index (χ1n) is 5.96. The van der Waals surface area contributed by atoms with E-state index in [1.807, 2.05) is 13.8 Å². The number of nitrogens with two attached hydrogens (primary N) is 1. The maximum atomic E-state index is 11.2. The van der Waals surface area contributed by atoms with E-state index in [0.29, 0.717) is 19.0 Å². The van der Waals surface area contributed by atoms with Crippen LogP contribution in [0.5, 0.6) is 0 Å². The highest BCUT2D eigenvalue weighted by molar-refractivity contribution is 8.67. The van der Waals surface area contributed by atoms with Gasteiger partial charge in [0, 0.05) is 5.75 Å². The van der Waals surface area contributed by atoms with Crippen LogP contribution in [0, 0.1) is 0 Å². The molecular weight excluding hydrogens is 337 g/mol. The highest BCUT2D eigenvalue weighted by Crippen LogP contribution is 2.61. The highest BCUT2D eigenvalue weighted by atomic mass is 32.9. The van der Waals surface area contributed by atoms with E-state index >= 15 is 0 Å². The first kappa shape index (κ1) is 18.1. The van der Waals surface area contributed by atoms with E-state index in [0.717, 1.165) is 5.56 Å². The maximum Gasteiger partial charge on any atom is 0.247 e. The smallest absolute Gasteiger partial charge is 0.247 e. The Kier molecular flexibility index (Phi) is 7.14. The zero-order valence-electron chi connectivity index (χ0n) is 11.3. The third-order valence-corrected chi connectivity index (χ3v) is 8.62. The Hall–Kier alpha value is 0.0500. The molecular formula is C11H18NO4PS3. The van der Waals surface area contributed by atoms with Crippen LogP contribution in [0.1, 0.15) is 19.4 Å². The fraction of sp³-hybridized carbons (Fsp3) is 0.455. The van der Waals surface area contributed by atoms with Crippen molar-refractivity contribution in [1.29, 1.82) is 0 Å². The molecule has 0 fully saturated rings. The van der Waals surface area contributed by atoms with E-state index in [9.17, 15) is 8.42 Å². The van der Waals surface area contributed by atoms with Crippen molar-refractivity contribution >= 4 is 38.9 Å². The van der Waals surface area contributed by atoms with Crippen LogP contribution < -0.4 is 5.14 Å². The second kappa shape index (κ2) is 7.89. The summed E-state index contributed by atoms with van der Waals surface area (Å²) in [6.45, 7) is 4.77. The van der Waals surface area contributed by atoms with Crippen molar-refractivity contribution < 1.29 is 17.5 Å². The van der Waals surface area contributed by atoms with Gasteiger partial charge in [0.25, 0.3) is 0 Å². The van der Waals surface area contributed by atoms with Crippen LogP contribution in [0.25, 0.3) is 0 Å². The van der Waals surface area contributed by atoms with Crippen molar-refractivity contribution in [2.45, 2.75) is 24.5 Å². The van der Waals surface area contributed by atoms with Crippen LogP contribution in [0.2, 0.25) is 0 Å². The van der Waals surface area contributed by atoms with Crippen LogP contribution in [-0.2, 0) is 36.6 Å². The molecule has 0 aliphatic rings. The molecule has 0 radical (unpaired) electrons. The molecule has 1 aromatic carbocycles. The zero-order chi connectivity index (χ0) is 15.2. The molecule has 9 heteroatoms. The van der Waals surface area contributed by atoms with Gasteiger partial charge in [-0.15, -0.1) is 0 Å². The summed E-state index contributed by atoms with van der Waals surface area (Å²) in [5.41, 5.74) is -1.38. The minimum Gasteiger partial charge on any atom is -0.322 e. The Bertz CT molecular complexity index is 564. The summed E-state index contributed by atoms with van der Waals surface area (Å²) in [6.07, 6.45) is 0. The summed E-state index contributed by atoms with van der Waals surface area (Å²) >= 11 is 6.84. The molecule has 0 bridgehead atoms. The third-order valence-electron chi connectivity index (χ3n) is 2.22. The molecule has 0 spiro atoms. The fourth-order valence-corrected chi connectivity index (χ4v) is 6.34. The fourth-order valence-electron chi connectivity index (χ4n) is 1.36. The number of hydrogen-bond donors (Lipinski definition) is 1. The lowest BCUT2D eigenvalue weighted by Gasteiger charge is -2.19. The van der Waals surface area contributed by atoms with Gasteiger partial charge in [0.15, 0.2) is 0 Å². The quantitative estimate of drug-likeness (QED) is 0.723. The SMILES string of the molecule is CCOP(=S)(OCC)SCc1ccc(S(N)(=O)=O)cc1. The molecule has 1 aromatic rings. The molecule has 0 aromatic heterocycles. The van der Waals surface area contributed by atoms with Crippen molar-refractivity contribution in [3.8, 4) is 0 Å². The summed E-state index contributed by atoms with van der Waals surface area (Å²) in [4.78, 5) is 0.0975. The Morgan fingerprint density at radius 3 is 2.10 bits per heavy atom. The second-order valence-electron chi connectivity index (χ2n) is 3.75. The third kappa shape index (κ3) is 5.81. The molecule has 0 aliphatic heterocycles. The molecule has 0 aliphatic carbocycles. The molecule has 0 amide bonds. The predicted octanol–water partition coefficient (Wildman–Crippen LogP) is 2.86. The molecule has 5 nitrogen and oxygen atoms in total. The lowest BCUT2D eigenvalue weighted by molar-refractivity contribution is 0.280. The van der Waals surface area contributed by atoms with Crippen LogP contribution in [-0.4, -0.2) is 21.6 Å². The maximum absolute atomic E-state index is 11.2. The van der Waals surface area contributed by atoms with Crippen molar-refractivity contribution in [2.24, 2.45) is 5.14 Å². The van der Waals surface area contributed by atoms with Gasteiger partial charge in [-0.2, -0.15) is 0 Å². The van der Waals surface area contributed by atoms with E-state index in [2.05, 4.69) is 0 Å². The van der Waals surface area contributed by atoms with Gasteiger partial charge < -0.3 is 9.05 Å². The van der Waals surface area contributed by atoms with E-state index < -0.39 is 15.7 Å². The summed E-state index contributed by atoms with van der Waals surface area (Å²) in [7, 11) is -3.65. The topological polar surface area (TPSA) is 78.6 Å². The average molecular weight is 355 g/mol. The molecule has 114 valence electrons. The first-order chi connectivity index (χ1) is 9.30.